The summed E-state index contributed by atoms with van der Waals surface area (Å²) in [6.07, 6.45) is 8.30. The van der Waals surface area contributed by atoms with Crippen LogP contribution < -0.4 is 32.8 Å². The molecule has 0 bridgehead atoms. The standard InChI is InChI=1S/C11H28N6/c12-15-9-13-10-17-16-8-7-14-11-5-3-1-2-4-6-11/h11,13-17H,1-10,12H2. The van der Waals surface area contributed by atoms with E-state index in [0.717, 1.165) is 19.1 Å². The number of rotatable bonds is 9. The number of nitrogens with two attached hydrogens (primary N) is 1. The van der Waals surface area contributed by atoms with Crippen molar-refractivity contribution in [3.63, 3.8) is 0 Å². The highest BCUT2D eigenvalue weighted by Gasteiger charge is 2.10. The number of hydrogen-bond donors (Lipinski definition) is 6. The molecule has 0 spiro atoms. The molecule has 0 heterocycles. The van der Waals surface area contributed by atoms with E-state index in [9.17, 15) is 0 Å². The van der Waals surface area contributed by atoms with Gasteiger partial charge in [-0.15, -0.1) is 0 Å². The molecule has 6 heteroatoms. The molecular formula is C11H28N6. The van der Waals surface area contributed by atoms with Gasteiger partial charge in [-0.3, -0.25) is 16.6 Å². The first-order valence-electron chi connectivity index (χ1n) is 6.77. The van der Waals surface area contributed by atoms with E-state index >= 15 is 0 Å². The average molecular weight is 244 g/mol. The topological polar surface area (TPSA) is 86.2 Å². The zero-order valence-corrected chi connectivity index (χ0v) is 10.7. The van der Waals surface area contributed by atoms with Gasteiger partial charge in [0.05, 0.1) is 13.3 Å². The number of hydrogen-bond acceptors (Lipinski definition) is 6. The fraction of sp³-hybridized carbons (Fsp3) is 1.00. The monoisotopic (exact) mass is 244 g/mol. The summed E-state index contributed by atoms with van der Waals surface area (Å²) in [5.74, 6) is 5.12. The van der Waals surface area contributed by atoms with Gasteiger partial charge in [-0.2, -0.15) is 0 Å². The zero-order valence-electron chi connectivity index (χ0n) is 10.7. The number of nitrogens with one attached hydrogen (secondary N) is 5. The summed E-state index contributed by atoms with van der Waals surface area (Å²) in [5, 5.41) is 6.66. The minimum atomic E-state index is 0.606. The van der Waals surface area contributed by atoms with Crippen LogP contribution in [0.2, 0.25) is 0 Å². The molecule has 1 rings (SSSR count). The van der Waals surface area contributed by atoms with Crippen LogP contribution in [0.15, 0.2) is 0 Å². The Hall–Kier alpha value is -0.240. The second kappa shape index (κ2) is 10.9. The lowest BCUT2D eigenvalue weighted by Crippen LogP contribution is -2.46. The molecule has 0 amide bonds. The fourth-order valence-electron chi connectivity index (χ4n) is 2.17. The Bertz CT molecular complexity index is 158. The van der Waals surface area contributed by atoms with E-state index in [4.69, 9.17) is 5.84 Å². The molecule has 0 aromatic carbocycles. The normalized spacial score (nSPS) is 18.2. The van der Waals surface area contributed by atoms with Crippen LogP contribution in [0, 0.1) is 0 Å². The largest absolute Gasteiger partial charge is 0.313 e. The summed E-state index contributed by atoms with van der Waals surface area (Å²) >= 11 is 0. The summed E-state index contributed by atoms with van der Waals surface area (Å²) in [7, 11) is 0. The smallest absolute Gasteiger partial charge is 0.0599 e. The maximum atomic E-state index is 5.12. The van der Waals surface area contributed by atoms with E-state index in [1.807, 2.05) is 0 Å². The maximum absolute atomic E-state index is 5.12. The van der Waals surface area contributed by atoms with Crippen molar-refractivity contribution >= 4 is 0 Å². The lowest BCUT2D eigenvalue weighted by Gasteiger charge is -2.16. The van der Waals surface area contributed by atoms with Gasteiger partial charge in [0.25, 0.3) is 0 Å². The molecule has 6 nitrogen and oxygen atoms in total. The molecule has 1 saturated carbocycles. The van der Waals surface area contributed by atoms with Gasteiger partial charge in [-0.25, -0.2) is 10.9 Å². The van der Waals surface area contributed by atoms with Crippen molar-refractivity contribution in [3.8, 4) is 0 Å². The second-order valence-electron chi connectivity index (χ2n) is 4.55. The Balaban J connectivity index is 1.82. The van der Waals surface area contributed by atoms with Crippen LogP contribution in [-0.2, 0) is 0 Å². The predicted molar refractivity (Wildman–Crippen MR) is 70.8 cm³/mol. The number of hydrazine groups is 2. The highest BCUT2D eigenvalue weighted by molar-refractivity contribution is 4.70. The molecule has 1 aliphatic carbocycles. The van der Waals surface area contributed by atoms with Crippen molar-refractivity contribution in [2.75, 3.05) is 26.4 Å². The van der Waals surface area contributed by atoms with E-state index in [2.05, 4.69) is 26.9 Å². The van der Waals surface area contributed by atoms with Crippen LogP contribution in [0.25, 0.3) is 0 Å². The van der Waals surface area contributed by atoms with Gasteiger partial charge in [-0.1, -0.05) is 25.7 Å². The Morgan fingerprint density at radius 1 is 0.882 bits per heavy atom. The molecule has 7 N–H and O–H groups in total. The third kappa shape index (κ3) is 8.48. The first-order chi connectivity index (χ1) is 8.43. The van der Waals surface area contributed by atoms with E-state index in [1.165, 1.54) is 38.5 Å². The van der Waals surface area contributed by atoms with E-state index in [-0.39, 0.29) is 0 Å². The molecular weight excluding hydrogens is 216 g/mol. The van der Waals surface area contributed by atoms with Crippen molar-refractivity contribution in [2.24, 2.45) is 5.84 Å². The Morgan fingerprint density at radius 2 is 1.65 bits per heavy atom. The SMILES string of the molecule is NNCNCNNCCNC1CCCCCC1. The highest BCUT2D eigenvalue weighted by atomic mass is 15.4. The van der Waals surface area contributed by atoms with Gasteiger partial charge in [-0.05, 0) is 12.8 Å². The molecule has 0 atom stereocenters. The lowest BCUT2D eigenvalue weighted by molar-refractivity contribution is 0.426. The van der Waals surface area contributed by atoms with Gasteiger partial charge in [0.15, 0.2) is 0 Å². The van der Waals surface area contributed by atoms with Crippen LogP contribution in [0.5, 0.6) is 0 Å². The minimum absolute atomic E-state index is 0.606. The first-order valence-corrected chi connectivity index (χ1v) is 6.77. The Kier molecular flexibility index (Phi) is 9.49. The lowest BCUT2D eigenvalue weighted by atomic mass is 10.1. The summed E-state index contributed by atoms with van der Waals surface area (Å²) < 4.78 is 0. The Morgan fingerprint density at radius 3 is 2.35 bits per heavy atom. The molecule has 17 heavy (non-hydrogen) atoms. The molecule has 0 unspecified atom stereocenters. The van der Waals surface area contributed by atoms with Gasteiger partial charge < -0.3 is 5.32 Å². The summed E-state index contributed by atoms with van der Waals surface area (Å²) in [5.41, 5.74) is 8.76. The molecule has 0 aromatic rings. The zero-order chi connectivity index (χ0) is 12.2. The first kappa shape index (κ1) is 14.8. The average Bonchev–Trinajstić information content (AvgIpc) is 2.61. The van der Waals surface area contributed by atoms with Crippen LogP contribution >= 0.6 is 0 Å². The molecule has 0 aliphatic heterocycles. The molecule has 102 valence electrons. The molecule has 0 radical (unpaired) electrons. The molecule has 0 saturated heterocycles. The van der Waals surface area contributed by atoms with Crippen molar-refractivity contribution in [1.29, 1.82) is 0 Å². The predicted octanol–water partition coefficient (Wildman–Crippen LogP) is -0.639. The summed E-state index contributed by atoms with van der Waals surface area (Å²) in [6, 6.07) is 0.735. The third-order valence-electron chi connectivity index (χ3n) is 3.10. The van der Waals surface area contributed by atoms with Crippen molar-refractivity contribution < 1.29 is 0 Å². The summed E-state index contributed by atoms with van der Waals surface area (Å²) in [6.45, 7) is 3.27. The summed E-state index contributed by atoms with van der Waals surface area (Å²) in [4.78, 5) is 0. The van der Waals surface area contributed by atoms with E-state index < -0.39 is 0 Å². The molecule has 1 fully saturated rings. The highest BCUT2D eigenvalue weighted by Crippen LogP contribution is 2.16. The quantitative estimate of drug-likeness (QED) is 0.106. The van der Waals surface area contributed by atoms with Crippen LogP contribution in [-0.4, -0.2) is 32.5 Å². The van der Waals surface area contributed by atoms with E-state index in [1.54, 1.807) is 0 Å². The van der Waals surface area contributed by atoms with Gasteiger partial charge in [0, 0.05) is 19.1 Å². The second-order valence-corrected chi connectivity index (χ2v) is 4.55. The van der Waals surface area contributed by atoms with Crippen LogP contribution in [0.1, 0.15) is 38.5 Å². The van der Waals surface area contributed by atoms with Gasteiger partial charge in [0.1, 0.15) is 0 Å². The molecule has 1 aliphatic rings. The Labute approximate surface area is 104 Å². The van der Waals surface area contributed by atoms with Crippen LogP contribution in [0.4, 0.5) is 0 Å². The molecule has 0 aromatic heterocycles. The van der Waals surface area contributed by atoms with Crippen molar-refractivity contribution in [3.05, 3.63) is 0 Å². The van der Waals surface area contributed by atoms with Crippen molar-refractivity contribution in [2.45, 2.75) is 44.6 Å². The minimum Gasteiger partial charge on any atom is -0.313 e. The van der Waals surface area contributed by atoms with Gasteiger partial charge >= 0.3 is 0 Å². The maximum Gasteiger partial charge on any atom is 0.0599 e. The van der Waals surface area contributed by atoms with Crippen LogP contribution in [0.3, 0.4) is 0 Å². The van der Waals surface area contributed by atoms with Gasteiger partial charge in [0.2, 0.25) is 0 Å². The van der Waals surface area contributed by atoms with Crippen molar-refractivity contribution in [1.82, 2.24) is 26.9 Å². The van der Waals surface area contributed by atoms with E-state index in [0.29, 0.717) is 13.3 Å². The third-order valence-corrected chi connectivity index (χ3v) is 3.10. The fourth-order valence-corrected chi connectivity index (χ4v) is 2.17.